The van der Waals surface area contributed by atoms with Gasteiger partial charge in [0, 0.05) is 7.05 Å². The molecular formula is C11H19ClN4O2. The van der Waals surface area contributed by atoms with Gasteiger partial charge in [0.25, 0.3) is 0 Å². The number of hydrogen-bond acceptors (Lipinski definition) is 6. The summed E-state index contributed by atoms with van der Waals surface area (Å²) in [6.07, 6.45) is 0.858. The molecule has 0 bridgehead atoms. The van der Waals surface area contributed by atoms with Crippen molar-refractivity contribution >= 4 is 17.5 Å². The fourth-order valence-electron chi connectivity index (χ4n) is 1.11. The maximum absolute atomic E-state index is 9.33. The Labute approximate surface area is 112 Å². The Kier molecular flexibility index (Phi) is 5.10. The predicted molar refractivity (Wildman–Crippen MR) is 70.2 cm³/mol. The summed E-state index contributed by atoms with van der Waals surface area (Å²) in [5.74, 6) is 0.375. The van der Waals surface area contributed by atoms with Gasteiger partial charge in [0.1, 0.15) is 0 Å². The Morgan fingerprint density at radius 3 is 2.56 bits per heavy atom. The first kappa shape index (κ1) is 14.9. The Morgan fingerprint density at radius 2 is 2.00 bits per heavy atom. The maximum atomic E-state index is 9.33. The minimum absolute atomic E-state index is 0.0298. The molecule has 6 nitrogen and oxygen atoms in total. The van der Waals surface area contributed by atoms with Crippen molar-refractivity contribution in [2.75, 3.05) is 25.2 Å². The number of aromatic nitrogens is 3. The van der Waals surface area contributed by atoms with Crippen LogP contribution in [0.2, 0.25) is 5.28 Å². The van der Waals surface area contributed by atoms with E-state index in [-0.39, 0.29) is 17.9 Å². The van der Waals surface area contributed by atoms with Gasteiger partial charge in [-0.2, -0.15) is 15.0 Å². The highest BCUT2D eigenvalue weighted by Crippen LogP contribution is 2.21. The molecule has 0 radical (unpaired) electrons. The zero-order chi connectivity index (χ0) is 13.8. The van der Waals surface area contributed by atoms with E-state index in [2.05, 4.69) is 15.0 Å². The third-order valence-corrected chi connectivity index (χ3v) is 2.78. The minimum Gasteiger partial charge on any atom is -0.463 e. The van der Waals surface area contributed by atoms with Crippen molar-refractivity contribution in [2.24, 2.45) is 0 Å². The molecule has 0 spiro atoms. The molecule has 1 rings (SSSR count). The van der Waals surface area contributed by atoms with E-state index < -0.39 is 5.54 Å². The molecule has 1 N–H and O–H groups in total. The van der Waals surface area contributed by atoms with Crippen molar-refractivity contribution in [3.63, 3.8) is 0 Å². The average molecular weight is 275 g/mol. The normalized spacial score (nSPS) is 11.4. The Bertz CT molecular complexity index is 401. The molecule has 18 heavy (non-hydrogen) atoms. The molecule has 0 aliphatic carbocycles. The number of aliphatic hydroxyl groups excluding tert-OH is 1. The molecule has 7 heteroatoms. The fourth-order valence-corrected chi connectivity index (χ4v) is 1.25. The second-order valence-electron chi connectivity index (χ2n) is 4.57. The van der Waals surface area contributed by atoms with E-state index in [9.17, 15) is 5.11 Å². The van der Waals surface area contributed by atoms with Crippen molar-refractivity contribution in [2.45, 2.75) is 32.7 Å². The van der Waals surface area contributed by atoms with Crippen LogP contribution in [0, 0.1) is 0 Å². The minimum atomic E-state index is -0.493. The number of halogens is 1. The molecule has 0 amide bonds. The third-order valence-electron chi connectivity index (χ3n) is 2.61. The van der Waals surface area contributed by atoms with Gasteiger partial charge in [0.05, 0.1) is 18.8 Å². The summed E-state index contributed by atoms with van der Waals surface area (Å²) in [5.41, 5.74) is -0.493. The van der Waals surface area contributed by atoms with Crippen LogP contribution in [0.25, 0.3) is 0 Å². The largest absolute Gasteiger partial charge is 0.463 e. The Balaban J connectivity index is 2.98. The summed E-state index contributed by atoms with van der Waals surface area (Å²) in [6.45, 7) is 6.23. The first-order chi connectivity index (χ1) is 8.40. The van der Waals surface area contributed by atoms with E-state index in [0.29, 0.717) is 12.6 Å². The van der Waals surface area contributed by atoms with Crippen LogP contribution in [0.1, 0.15) is 27.2 Å². The smallest absolute Gasteiger partial charge is 0.322 e. The molecule has 0 saturated heterocycles. The van der Waals surface area contributed by atoms with Gasteiger partial charge in [-0.25, -0.2) is 0 Å². The number of rotatable bonds is 6. The van der Waals surface area contributed by atoms with Crippen LogP contribution in [0.5, 0.6) is 6.01 Å². The first-order valence-corrected chi connectivity index (χ1v) is 6.17. The maximum Gasteiger partial charge on any atom is 0.322 e. The van der Waals surface area contributed by atoms with Crippen LogP contribution in [-0.2, 0) is 0 Å². The van der Waals surface area contributed by atoms with E-state index in [1.807, 2.05) is 20.8 Å². The second-order valence-corrected chi connectivity index (χ2v) is 4.90. The number of aliphatic hydroxyl groups is 1. The van der Waals surface area contributed by atoms with E-state index in [0.717, 1.165) is 6.42 Å². The predicted octanol–water partition coefficient (Wildman–Crippen LogP) is 1.52. The highest BCUT2D eigenvalue weighted by atomic mass is 35.5. The summed E-state index contributed by atoms with van der Waals surface area (Å²) in [5, 5.41) is 9.40. The van der Waals surface area contributed by atoms with Crippen molar-refractivity contribution in [3.8, 4) is 6.01 Å². The number of ether oxygens (including phenoxy) is 1. The Hall–Kier alpha value is -1.14. The van der Waals surface area contributed by atoms with Gasteiger partial charge in [-0.1, -0.05) is 6.92 Å². The molecule has 0 aliphatic rings. The quantitative estimate of drug-likeness (QED) is 0.848. The van der Waals surface area contributed by atoms with Gasteiger partial charge in [0.15, 0.2) is 0 Å². The summed E-state index contributed by atoms with van der Waals surface area (Å²) in [6, 6.07) is 0.201. The molecule has 1 aromatic rings. The number of likely N-dealkylation sites (N-methyl/N-ethyl adjacent to an activating group) is 1. The van der Waals surface area contributed by atoms with E-state index in [4.69, 9.17) is 16.3 Å². The summed E-state index contributed by atoms with van der Waals surface area (Å²) in [7, 11) is 1.78. The van der Waals surface area contributed by atoms with Crippen LogP contribution >= 0.6 is 11.6 Å². The lowest BCUT2D eigenvalue weighted by atomic mass is 10.1. The number of anilines is 1. The van der Waals surface area contributed by atoms with Gasteiger partial charge in [-0.3, -0.25) is 0 Å². The molecule has 1 aromatic heterocycles. The lowest BCUT2D eigenvalue weighted by Crippen LogP contribution is -2.45. The molecule has 0 aliphatic heterocycles. The zero-order valence-electron chi connectivity index (χ0n) is 11.1. The fraction of sp³-hybridized carbons (Fsp3) is 0.727. The van der Waals surface area contributed by atoms with E-state index in [1.54, 1.807) is 11.9 Å². The highest BCUT2D eigenvalue weighted by Gasteiger charge is 2.25. The van der Waals surface area contributed by atoms with E-state index >= 15 is 0 Å². The summed E-state index contributed by atoms with van der Waals surface area (Å²) in [4.78, 5) is 13.8. The molecule has 1 heterocycles. The standard InChI is InChI=1S/C11H19ClN4O2/c1-5-6-18-10-14-8(12)13-9(15-10)16(4)11(2,3)7-17/h17H,5-7H2,1-4H3. The molecular weight excluding hydrogens is 256 g/mol. The van der Waals surface area contributed by atoms with Crippen LogP contribution in [0.4, 0.5) is 5.95 Å². The van der Waals surface area contributed by atoms with Crippen molar-refractivity contribution in [1.29, 1.82) is 0 Å². The zero-order valence-corrected chi connectivity index (χ0v) is 11.9. The molecule has 0 aromatic carbocycles. The molecule has 0 saturated carbocycles. The second kappa shape index (κ2) is 6.15. The van der Waals surface area contributed by atoms with Crippen molar-refractivity contribution < 1.29 is 9.84 Å². The molecule has 0 atom stereocenters. The van der Waals surface area contributed by atoms with E-state index in [1.165, 1.54) is 0 Å². The lowest BCUT2D eigenvalue weighted by molar-refractivity contribution is 0.214. The van der Waals surface area contributed by atoms with Crippen LogP contribution in [0.15, 0.2) is 0 Å². The van der Waals surface area contributed by atoms with Crippen molar-refractivity contribution in [3.05, 3.63) is 5.28 Å². The van der Waals surface area contributed by atoms with Gasteiger partial charge < -0.3 is 14.7 Å². The van der Waals surface area contributed by atoms with Crippen LogP contribution in [0.3, 0.4) is 0 Å². The average Bonchev–Trinajstić information content (AvgIpc) is 2.34. The first-order valence-electron chi connectivity index (χ1n) is 5.79. The van der Waals surface area contributed by atoms with Gasteiger partial charge in [-0.05, 0) is 31.9 Å². The lowest BCUT2D eigenvalue weighted by Gasteiger charge is -2.33. The van der Waals surface area contributed by atoms with Gasteiger partial charge in [0.2, 0.25) is 11.2 Å². The Morgan fingerprint density at radius 1 is 1.33 bits per heavy atom. The number of hydrogen-bond donors (Lipinski definition) is 1. The summed E-state index contributed by atoms with van der Waals surface area (Å²) >= 11 is 5.83. The van der Waals surface area contributed by atoms with Crippen LogP contribution in [-0.4, -0.2) is 45.9 Å². The van der Waals surface area contributed by atoms with Gasteiger partial charge >= 0.3 is 6.01 Å². The topological polar surface area (TPSA) is 71.4 Å². The molecule has 0 fully saturated rings. The monoisotopic (exact) mass is 274 g/mol. The highest BCUT2D eigenvalue weighted by molar-refractivity contribution is 6.28. The molecule has 0 unspecified atom stereocenters. The SMILES string of the molecule is CCCOc1nc(Cl)nc(N(C)C(C)(C)CO)n1. The molecule has 102 valence electrons. The number of nitrogens with zero attached hydrogens (tertiary/aromatic N) is 4. The van der Waals surface area contributed by atoms with Crippen molar-refractivity contribution in [1.82, 2.24) is 15.0 Å². The third kappa shape index (κ3) is 3.68. The summed E-state index contributed by atoms with van der Waals surface area (Å²) < 4.78 is 5.34. The van der Waals surface area contributed by atoms with Gasteiger partial charge in [-0.15, -0.1) is 0 Å². The van der Waals surface area contributed by atoms with Crippen LogP contribution < -0.4 is 9.64 Å².